The Bertz CT molecular complexity index is 922. The number of carbonyl (C=O) groups is 1. The molecule has 5 nitrogen and oxygen atoms in total. The van der Waals surface area contributed by atoms with Gasteiger partial charge in [-0.1, -0.05) is 17.3 Å². The maximum absolute atomic E-state index is 13.0. The minimum atomic E-state index is -0.475. The number of rotatable bonds is 6. The molecule has 2 aromatic rings. The summed E-state index contributed by atoms with van der Waals surface area (Å²) in [5.41, 5.74) is 2.57. The molecule has 1 heterocycles. The summed E-state index contributed by atoms with van der Waals surface area (Å²) in [7, 11) is 0. The second-order valence-corrected chi connectivity index (χ2v) is 6.95. The van der Waals surface area contributed by atoms with Crippen LogP contribution in [0.1, 0.15) is 25.0 Å². The zero-order valence-corrected chi connectivity index (χ0v) is 16.9. The van der Waals surface area contributed by atoms with Gasteiger partial charge in [0, 0.05) is 0 Å². The third kappa shape index (κ3) is 4.65. The zero-order valence-electron chi connectivity index (χ0n) is 14.8. The van der Waals surface area contributed by atoms with Gasteiger partial charge >= 0.3 is 5.97 Å². The van der Waals surface area contributed by atoms with Gasteiger partial charge < -0.3 is 14.3 Å². The fourth-order valence-corrected chi connectivity index (χ4v) is 3.28. The van der Waals surface area contributed by atoms with E-state index in [4.69, 9.17) is 9.47 Å². The monoisotopic (exact) mass is 481 g/mol. The Morgan fingerprint density at radius 2 is 1.96 bits per heavy atom. The van der Waals surface area contributed by atoms with Crippen molar-refractivity contribution >= 4 is 40.3 Å². The standard InChI is InChI=1S/C20H17FINO4/c1-3-25-18-10-14(8-16-12(2)23-27-20(16)24)9-17(22)19(18)26-11-13-4-6-15(21)7-5-13/h4-10H,3,11H2,1-2H3/b16-8+. The van der Waals surface area contributed by atoms with Crippen molar-refractivity contribution in [3.05, 3.63) is 62.5 Å². The Morgan fingerprint density at radius 3 is 2.59 bits per heavy atom. The quantitative estimate of drug-likeness (QED) is 0.341. The predicted molar refractivity (Wildman–Crippen MR) is 108 cm³/mol. The van der Waals surface area contributed by atoms with Crippen LogP contribution in [0.4, 0.5) is 4.39 Å². The van der Waals surface area contributed by atoms with Crippen molar-refractivity contribution in [1.82, 2.24) is 0 Å². The lowest BCUT2D eigenvalue weighted by Crippen LogP contribution is -2.04. The predicted octanol–water partition coefficient (Wildman–Crippen LogP) is 4.72. The van der Waals surface area contributed by atoms with Crippen LogP contribution in [0, 0.1) is 9.39 Å². The summed E-state index contributed by atoms with van der Waals surface area (Å²) in [4.78, 5) is 16.4. The molecule has 0 radical (unpaired) electrons. The zero-order chi connectivity index (χ0) is 19.4. The molecule has 1 aliphatic heterocycles. The van der Waals surface area contributed by atoms with Crippen molar-refractivity contribution in [1.29, 1.82) is 0 Å². The van der Waals surface area contributed by atoms with E-state index in [1.807, 2.05) is 13.0 Å². The van der Waals surface area contributed by atoms with E-state index in [0.29, 0.717) is 29.4 Å². The summed E-state index contributed by atoms with van der Waals surface area (Å²) >= 11 is 2.16. The number of nitrogens with zero attached hydrogens (tertiary/aromatic N) is 1. The van der Waals surface area contributed by atoms with Gasteiger partial charge in [0.05, 0.1) is 21.5 Å². The lowest BCUT2D eigenvalue weighted by Gasteiger charge is -2.15. The van der Waals surface area contributed by atoms with Gasteiger partial charge in [0.15, 0.2) is 11.5 Å². The van der Waals surface area contributed by atoms with E-state index in [-0.39, 0.29) is 12.4 Å². The molecule has 27 heavy (non-hydrogen) atoms. The number of oxime groups is 1. The highest BCUT2D eigenvalue weighted by Gasteiger charge is 2.22. The van der Waals surface area contributed by atoms with Gasteiger partial charge in [-0.25, -0.2) is 9.18 Å². The van der Waals surface area contributed by atoms with Crippen LogP contribution in [0.2, 0.25) is 0 Å². The van der Waals surface area contributed by atoms with Gasteiger partial charge in [-0.3, -0.25) is 0 Å². The van der Waals surface area contributed by atoms with Crippen molar-refractivity contribution in [2.45, 2.75) is 20.5 Å². The molecular formula is C20H17FINO4. The summed E-state index contributed by atoms with van der Waals surface area (Å²) < 4.78 is 25.5. The second-order valence-electron chi connectivity index (χ2n) is 5.79. The average Bonchev–Trinajstić information content (AvgIpc) is 2.95. The normalized spacial score (nSPS) is 14.9. The first kappa shape index (κ1) is 19.3. The summed E-state index contributed by atoms with van der Waals surface area (Å²) in [6.45, 7) is 4.35. The van der Waals surface area contributed by atoms with Crippen LogP contribution in [0.3, 0.4) is 0 Å². The van der Waals surface area contributed by atoms with Crippen molar-refractivity contribution < 1.29 is 23.5 Å². The first-order valence-corrected chi connectivity index (χ1v) is 9.37. The van der Waals surface area contributed by atoms with Crippen LogP contribution in [0.5, 0.6) is 11.5 Å². The van der Waals surface area contributed by atoms with Crippen LogP contribution in [0.25, 0.3) is 6.08 Å². The first-order valence-electron chi connectivity index (χ1n) is 8.29. The molecule has 0 aliphatic carbocycles. The second kappa shape index (κ2) is 8.51. The minimum absolute atomic E-state index is 0.287. The maximum Gasteiger partial charge on any atom is 0.367 e. The van der Waals surface area contributed by atoms with Crippen LogP contribution >= 0.6 is 22.6 Å². The Kier molecular flexibility index (Phi) is 6.10. The number of ether oxygens (including phenoxy) is 2. The maximum atomic E-state index is 13.0. The Morgan fingerprint density at radius 1 is 1.22 bits per heavy atom. The van der Waals surface area contributed by atoms with E-state index in [2.05, 4.69) is 32.6 Å². The molecule has 3 rings (SSSR count). The van der Waals surface area contributed by atoms with Crippen LogP contribution < -0.4 is 9.47 Å². The highest BCUT2D eigenvalue weighted by molar-refractivity contribution is 14.1. The lowest BCUT2D eigenvalue weighted by atomic mass is 10.1. The highest BCUT2D eigenvalue weighted by Crippen LogP contribution is 2.35. The number of benzene rings is 2. The Balaban J connectivity index is 1.88. The summed E-state index contributed by atoms with van der Waals surface area (Å²) in [6, 6.07) is 9.83. The van der Waals surface area contributed by atoms with Gasteiger partial charge in [0.1, 0.15) is 12.4 Å². The molecule has 140 valence electrons. The topological polar surface area (TPSA) is 57.1 Å². The molecule has 2 aromatic carbocycles. The smallest absolute Gasteiger partial charge is 0.367 e. The van der Waals surface area contributed by atoms with Crippen molar-refractivity contribution in [2.24, 2.45) is 5.16 Å². The SMILES string of the molecule is CCOc1cc(/C=C2/C(=O)ON=C2C)cc(I)c1OCc1ccc(F)cc1. The fourth-order valence-electron chi connectivity index (χ4n) is 2.50. The molecule has 0 saturated heterocycles. The summed E-state index contributed by atoms with van der Waals surface area (Å²) in [5.74, 6) is 0.407. The van der Waals surface area contributed by atoms with Crippen molar-refractivity contribution in [2.75, 3.05) is 6.61 Å². The summed E-state index contributed by atoms with van der Waals surface area (Å²) in [5, 5.41) is 3.68. The molecule has 0 unspecified atom stereocenters. The van der Waals surface area contributed by atoms with Crippen molar-refractivity contribution in [3.8, 4) is 11.5 Å². The Hall–Kier alpha value is -2.42. The van der Waals surface area contributed by atoms with E-state index >= 15 is 0 Å². The van der Waals surface area contributed by atoms with Crippen molar-refractivity contribution in [3.63, 3.8) is 0 Å². The van der Waals surface area contributed by atoms with E-state index < -0.39 is 5.97 Å². The molecule has 0 atom stereocenters. The first-order chi connectivity index (χ1) is 13.0. The van der Waals surface area contributed by atoms with E-state index in [9.17, 15) is 9.18 Å². The van der Waals surface area contributed by atoms with Crippen LogP contribution in [-0.2, 0) is 16.2 Å². The van der Waals surface area contributed by atoms with Gasteiger partial charge in [-0.05, 0) is 77.9 Å². The van der Waals surface area contributed by atoms with E-state index in [1.54, 1.807) is 31.2 Å². The van der Waals surface area contributed by atoms with Crippen LogP contribution in [-0.4, -0.2) is 18.3 Å². The average molecular weight is 481 g/mol. The number of halogens is 2. The van der Waals surface area contributed by atoms with Gasteiger partial charge in [0.25, 0.3) is 0 Å². The molecular weight excluding hydrogens is 464 g/mol. The molecule has 0 aromatic heterocycles. The molecule has 0 amide bonds. The van der Waals surface area contributed by atoms with Gasteiger partial charge in [-0.2, -0.15) is 0 Å². The minimum Gasteiger partial charge on any atom is -0.490 e. The molecule has 0 N–H and O–H groups in total. The van der Waals surface area contributed by atoms with Gasteiger partial charge in [0.2, 0.25) is 0 Å². The highest BCUT2D eigenvalue weighted by atomic mass is 127. The summed E-state index contributed by atoms with van der Waals surface area (Å²) in [6.07, 6.45) is 1.71. The lowest BCUT2D eigenvalue weighted by molar-refractivity contribution is -0.136. The molecule has 0 saturated carbocycles. The number of hydrogen-bond acceptors (Lipinski definition) is 5. The molecule has 1 aliphatic rings. The van der Waals surface area contributed by atoms with Crippen LogP contribution in [0.15, 0.2) is 47.1 Å². The Labute approximate surface area is 169 Å². The van der Waals surface area contributed by atoms with Gasteiger partial charge in [-0.15, -0.1) is 0 Å². The third-order valence-corrected chi connectivity index (χ3v) is 4.62. The molecule has 0 bridgehead atoms. The number of hydrogen-bond donors (Lipinski definition) is 0. The molecule has 0 fully saturated rings. The third-order valence-electron chi connectivity index (χ3n) is 3.81. The van der Waals surface area contributed by atoms with E-state index in [1.165, 1.54) is 12.1 Å². The largest absolute Gasteiger partial charge is 0.490 e. The van der Waals surface area contributed by atoms with E-state index in [0.717, 1.165) is 14.7 Å². The molecule has 0 spiro atoms. The number of carbonyl (C=O) groups excluding carboxylic acids is 1. The fraction of sp³-hybridized carbons (Fsp3) is 0.200. The molecule has 7 heteroatoms.